The first-order chi connectivity index (χ1) is 10.7. The molecule has 1 aromatic heterocycles. The maximum absolute atomic E-state index is 12.4. The number of amides is 1. The molecule has 1 unspecified atom stereocenters. The zero-order valence-electron chi connectivity index (χ0n) is 12.8. The van der Waals surface area contributed by atoms with Crippen molar-refractivity contribution in [3.63, 3.8) is 0 Å². The Morgan fingerprint density at radius 2 is 2.36 bits per heavy atom. The zero-order valence-corrected chi connectivity index (χ0v) is 12.8. The number of nitrogens with zero attached hydrogens (tertiary/aromatic N) is 1. The summed E-state index contributed by atoms with van der Waals surface area (Å²) < 4.78 is 0. The molecule has 5 nitrogen and oxygen atoms in total. The second-order valence-corrected chi connectivity index (χ2v) is 6.82. The van der Waals surface area contributed by atoms with Gasteiger partial charge in [0.25, 0.3) is 0 Å². The van der Waals surface area contributed by atoms with Gasteiger partial charge in [-0.15, -0.1) is 0 Å². The van der Waals surface area contributed by atoms with E-state index in [0.717, 1.165) is 17.3 Å². The smallest absolute Gasteiger partial charge is 0.237 e. The number of nitrogens with one attached hydrogen (secondary N) is 3. The van der Waals surface area contributed by atoms with Gasteiger partial charge in [-0.3, -0.25) is 9.89 Å². The summed E-state index contributed by atoms with van der Waals surface area (Å²) in [5, 5.41) is 14.8. The summed E-state index contributed by atoms with van der Waals surface area (Å²) in [5.74, 6) is 0.709. The van der Waals surface area contributed by atoms with E-state index in [1.165, 1.54) is 24.8 Å². The lowest BCUT2D eigenvalue weighted by atomic mass is 9.98. The van der Waals surface area contributed by atoms with Crippen LogP contribution in [-0.2, 0) is 11.2 Å². The third-order valence-electron chi connectivity index (χ3n) is 5.08. The van der Waals surface area contributed by atoms with Crippen LogP contribution < -0.4 is 10.6 Å². The van der Waals surface area contributed by atoms with Crippen LogP contribution >= 0.6 is 0 Å². The number of carbonyl (C=O) groups is 1. The molecule has 4 rings (SSSR count). The van der Waals surface area contributed by atoms with E-state index >= 15 is 0 Å². The number of rotatable bonds is 4. The average molecular weight is 298 g/mol. The predicted molar refractivity (Wildman–Crippen MR) is 85.5 cm³/mol. The number of hydrogen-bond donors (Lipinski definition) is 3. The molecule has 0 spiro atoms. The lowest BCUT2D eigenvalue weighted by molar-refractivity contribution is -0.124. The monoisotopic (exact) mass is 298 g/mol. The van der Waals surface area contributed by atoms with Crippen LogP contribution in [0.15, 0.2) is 24.4 Å². The number of benzene rings is 1. The van der Waals surface area contributed by atoms with Gasteiger partial charge in [0.2, 0.25) is 5.91 Å². The molecular weight excluding hydrogens is 276 g/mol. The largest absolute Gasteiger partial charge is 0.352 e. The van der Waals surface area contributed by atoms with Crippen molar-refractivity contribution < 1.29 is 4.79 Å². The summed E-state index contributed by atoms with van der Waals surface area (Å²) in [6.45, 7) is 2.07. The standard InChI is InChI=1S/C17H22N4O/c1-10(6-11-2-3-13-9-18-21-15(13)7-11)19-17(22)16-12-4-5-14(8-12)20-16/h2-3,7,9-10,12,14,16,20H,4-6,8H2,1H3,(H,18,21)(H,19,22)/t10?,12-,14+,16-/m0/s1. The second-order valence-electron chi connectivity index (χ2n) is 6.82. The van der Waals surface area contributed by atoms with Crippen molar-refractivity contribution in [3.8, 4) is 0 Å². The molecule has 1 aliphatic carbocycles. The Hall–Kier alpha value is -1.88. The average Bonchev–Trinajstić information content (AvgIpc) is 3.22. The molecule has 2 heterocycles. The van der Waals surface area contributed by atoms with Crippen molar-refractivity contribution in [1.82, 2.24) is 20.8 Å². The van der Waals surface area contributed by atoms with E-state index in [1.807, 2.05) is 6.20 Å². The van der Waals surface area contributed by atoms with Gasteiger partial charge in [-0.25, -0.2) is 0 Å². The first kappa shape index (κ1) is 13.8. The second kappa shape index (κ2) is 5.39. The van der Waals surface area contributed by atoms with Crippen molar-refractivity contribution in [3.05, 3.63) is 30.0 Å². The number of fused-ring (bicyclic) bond motifs is 3. The maximum Gasteiger partial charge on any atom is 0.237 e. The maximum atomic E-state index is 12.4. The highest BCUT2D eigenvalue weighted by Crippen LogP contribution is 2.35. The van der Waals surface area contributed by atoms with E-state index in [2.05, 4.69) is 46.0 Å². The minimum absolute atomic E-state index is 0.0243. The van der Waals surface area contributed by atoms with E-state index in [-0.39, 0.29) is 18.0 Å². The molecule has 1 aliphatic heterocycles. The van der Waals surface area contributed by atoms with Crippen molar-refractivity contribution in [2.45, 2.75) is 50.7 Å². The summed E-state index contributed by atoms with van der Waals surface area (Å²) in [6.07, 6.45) is 6.25. The van der Waals surface area contributed by atoms with Crippen molar-refractivity contribution in [1.29, 1.82) is 0 Å². The SMILES string of the molecule is CC(Cc1ccc2cn[nH]c2c1)NC(=O)[C@H]1N[C@@H]2CC[C@H]1C2. The molecular formula is C17H22N4O. The topological polar surface area (TPSA) is 69.8 Å². The van der Waals surface area contributed by atoms with Gasteiger partial charge in [0.15, 0.2) is 0 Å². The molecule has 116 valence electrons. The Kier molecular flexibility index (Phi) is 3.37. The van der Waals surface area contributed by atoms with Gasteiger partial charge in [0.05, 0.1) is 17.8 Å². The molecule has 3 N–H and O–H groups in total. The number of H-pyrrole nitrogens is 1. The van der Waals surface area contributed by atoms with Crippen LogP contribution in [0.2, 0.25) is 0 Å². The first-order valence-electron chi connectivity index (χ1n) is 8.17. The fraction of sp³-hybridized carbons (Fsp3) is 0.529. The van der Waals surface area contributed by atoms with E-state index in [0.29, 0.717) is 12.0 Å². The van der Waals surface area contributed by atoms with Gasteiger partial charge in [-0.05, 0) is 50.2 Å². The number of aromatic amines is 1. The Bertz CT molecular complexity index is 695. The van der Waals surface area contributed by atoms with Crippen LogP contribution in [0, 0.1) is 5.92 Å². The van der Waals surface area contributed by atoms with Crippen LogP contribution in [-0.4, -0.2) is 34.2 Å². The highest BCUT2D eigenvalue weighted by atomic mass is 16.2. The van der Waals surface area contributed by atoms with Gasteiger partial charge in [-0.2, -0.15) is 5.10 Å². The molecule has 2 bridgehead atoms. The van der Waals surface area contributed by atoms with Gasteiger partial charge < -0.3 is 10.6 Å². The van der Waals surface area contributed by atoms with Crippen molar-refractivity contribution in [2.24, 2.45) is 5.92 Å². The minimum Gasteiger partial charge on any atom is -0.352 e. The Labute approximate surface area is 129 Å². The van der Waals surface area contributed by atoms with E-state index in [9.17, 15) is 4.79 Å². The lowest BCUT2D eigenvalue weighted by Crippen LogP contribution is -2.50. The van der Waals surface area contributed by atoms with Crippen LogP contribution in [0.25, 0.3) is 10.9 Å². The van der Waals surface area contributed by atoms with E-state index in [4.69, 9.17) is 0 Å². The Balaban J connectivity index is 1.37. The molecule has 5 heteroatoms. The first-order valence-corrected chi connectivity index (χ1v) is 8.17. The molecule has 1 saturated carbocycles. The van der Waals surface area contributed by atoms with Gasteiger partial charge in [-0.1, -0.05) is 12.1 Å². The van der Waals surface area contributed by atoms with E-state index < -0.39 is 0 Å². The Morgan fingerprint density at radius 1 is 1.45 bits per heavy atom. The summed E-state index contributed by atoms with van der Waals surface area (Å²) >= 11 is 0. The van der Waals surface area contributed by atoms with Gasteiger partial charge >= 0.3 is 0 Å². The molecule has 4 atom stereocenters. The van der Waals surface area contributed by atoms with E-state index in [1.54, 1.807) is 0 Å². The predicted octanol–water partition coefficient (Wildman–Crippen LogP) is 1.75. The fourth-order valence-corrected chi connectivity index (χ4v) is 4.00. The highest BCUT2D eigenvalue weighted by molar-refractivity contribution is 5.83. The molecule has 2 fully saturated rings. The number of carbonyl (C=O) groups excluding carboxylic acids is 1. The third kappa shape index (κ3) is 2.50. The Morgan fingerprint density at radius 3 is 3.14 bits per heavy atom. The highest BCUT2D eigenvalue weighted by Gasteiger charge is 2.42. The van der Waals surface area contributed by atoms with Gasteiger partial charge in [0.1, 0.15) is 0 Å². The van der Waals surface area contributed by atoms with Crippen LogP contribution in [0.3, 0.4) is 0 Å². The number of piperidine rings is 1. The quantitative estimate of drug-likeness (QED) is 0.805. The van der Waals surface area contributed by atoms with Crippen molar-refractivity contribution in [2.75, 3.05) is 0 Å². The fourth-order valence-electron chi connectivity index (χ4n) is 4.00. The van der Waals surface area contributed by atoms with Crippen LogP contribution in [0.5, 0.6) is 0 Å². The summed E-state index contributed by atoms with van der Waals surface area (Å²) in [7, 11) is 0. The molecule has 2 aromatic rings. The minimum atomic E-state index is 0.0243. The van der Waals surface area contributed by atoms with Crippen LogP contribution in [0.4, 0.5) is 0 Å². The molecule has 1 saturated heterocycles. The van der Waals surface area contributed by atoms with Gasteiger partial charge in [0, 0.05) is 17.5 Å². The molecule has 22 heavy (non-hydrogen) atoms. The molecule has 2 aliphatic rings. The zero-order chi connectivity index (χ0) is 15.1. The van der Waals surface area contributed by atoms with Crippen LogP contribution in [0.1, 0.15) is 31.7 Å². The summed E-state index contributed by atoms with van der Waals surface area (Å²) in [5.41, 5.74) is 2.26. The lowest BCUT2D eigenvalue weighted by Gasteiger charge is -2.24. The molecule has 1 amide bonds. The van der Waals surface area contributed by atoms with Crippen molar-refractivity contribution >= 4 is 16.8 Å². The summed E-state index contributed by atoms with van der Waals surface area (Å²) in [4.78, 5) is 12.4. The normalized spacial score (nSPS) is 28.1. The summed E-state index contributed by atoms with van der Waals surface area (Å²) in [6, 6.07) is 7.01. The number of aromatic nitrogens is 2. The third-order valence-corrected chi connectivity index (χ3v) is 5.08. The molecule has 0 radical (unpaired) electrons. The molecule has 1 aromatic carbocycles. The number of hydrogen-bond acceptors (Lipinski definition) is 3.